The highest BCUT2D eigenvalue weighted by Gasteiger charge is 2.31. The lowest BCUT2D eigenvalue weighted by Gasteiger charge is -2.38. The Morgan fingerprint density at radius 1 is 1.22 bits per heavy atom. The Balaban J connectivity index is 2.15. The van der Waals surface area contributed by atoms with Crippen molar-refractivity contribution in [1.82, 2.24) is 5.32 Å². The highest BCUT2D eigenvalue weighted by Crippen LogP contribution is 2.39. The fraction of sp³-hybridized carbons (Fsp3) is 0.857. The molecule has 18 heavy (non-hydrogen) atoms. The van der Waals surface area contributed by atoms with Crippen LogP contribution in [0.3, 0.4) is 0 Å². The molecule has 0 radical (unpaired) electrons. The molecule has 0 aromatic carbocycles. The summed E-state index contributed by atoms with van der Waals surface area (Å²) in [4.78, 5) is 23.0. The van der Waals surface area contributed by atoms with Gasteiger partial charge in [-0.05, 0) is 39.0 Å². The molecule has 1 aliphatic carbocycles. The van der Waals surface area contributed by atoms with Gasteiger partial charge in [0, 0.05) is 13.0 Å². The number of hydrogen-bond donors (Lipinski definition) is 1. The average molecular weight is 255 g/mol. The maximum Gasteiger partial charge on any atom is 0.306 e. The zero-order valence-electron chi connectivity index (χ0n) is 12.0. The van der Waals surface area contributed by atoms with Crippen LogP contribution in [0.25, 0.3) is 0 Å². The van der Waals surface area contributed by atoms with E-state index >= 15 is 0 Å². The molecular formula is C14H25NO3. The predicted molar refractivity (Wildman–Crippen MR) is 70.0 cm³/mol. The Bertz CT molecular complexity index is 313. The van der Waals surface area contributed by atoms with Gasteiger partial charge in [0.15, 0.2) is 0 Å². The molecule has 0 bridgehead atoms. The van der Waals surface area contributed by atoms with Gasteiger partial charge in [-0.25, -0.2) is 0 Å². The molecule has 1 amide bonds. The monoisotopic (exact) mass is 255 g/mol. The van der Waals surface area contributed by atoms with Crippen molar-refractivity contribution in [1.29, 1.82) is 0 Å². The number of amides is 1. The molecule has 0 aromatic heterocycles. The third-order valence-electron chi connectivity index (χ3n) is 3.25. The summed E-state index contributed by atoms with van der Waals surface area (Å²) in [6, 6.07) is 0. The van der Waals surface area contributed by atoms with Crippen molar-refractivity contribution in [2.24, 2.45) is 5.41 Å². The van der Waals surface area contributed by atoms with Crippen LogP contribution >= 0.6 is 0 Å². The van der Waals surface area contributed by atoms with Crippen LogP contribution in [0.15, 0.2) is 0 Å². The van der Waals surface area contributed by atoms with Crippen molar-refractivity contribution < 1.29 is 14.3 Å². The van der Waals surface area contributed by atoms with E-state index in [2.05, 4.69) is 12.2 Å². The minimum atomic E-state index is -0.479. The minimum Gasteiger partial charge on any atom is -0.460 e. The van der Waals surface area contributed by atoms with Crippen LogP contribution in [0.1, 0.15) is 59.8 Å². The molecule has 1 fully saturated rings. The summed E-state index contributed by atoms with van der Waals surface area (Å²) < 4.78 is 5.15. The number of esters is 1. The molecule has 4 heteroatoms. The van der Waals surface area contributed by atoms with Crippen molar-refractivity contribution in [3.8, 4) is 0 Å². The van der Waals surface area contributed by atoms with Gasteiger partial charge in [-0.15, -0.1) is 0 Å². The number of carbonyl (C=O) groups excluding carboxylic acids is 2. The van der Waals surface area contributed by atoms with Crippen molar-refractivity contribution in [2.45, 2.75) is 65.4 Å². The number of ether oxygens (including phenoxy) is 1. The Hall–Kier alpha value is -1.06. The van der Waals surface area contributed by atoms with Crippen LogP contribution in [-0.2, 0) is 14.3 Å². The Morgan fingerprint density at radius 2 is 1.83 bits per heavy atom. The largest absolute Gasteiger partial charge is 0.460 e. The molecule has 1 saturated carbocycles. The van der Waals surface area contributed by atoms with Crippen molar-refractivity contribution >= 4 is 11.9 Å². The van der Waals surface area contributed by atoms with Gasteiger partial charge in [0.1, 0.15) is 5.60 Å². The SMILES string of the molecule is CC1(CNC(=O)CCC(=O)OC(C)(C)C)CCC1. The van der Waals surface area contributed by atoms with Crippen molar-refractivity contribution in [3.05, 3.63) is 0 Å². The molecule has 1 N–H and O–H groups in total. The first kappa shape index (κ1) is 15.0. The van der Waals surface area contributed by atoms with Gasteiger partial charge in [-0.1, -0.05) is 13.3 Å². The lowest BCUT2D eigenvalue weighted by molar-refractivity contribution is -0.155. The normalized spacial score (nSPS) is 17.8. The van der Waals surface area contributed by atoms with Crippen molar-refractivity contribution in [3.63, 3.8) is 0 Å². The molecular weight excluding hydrogens is 230 g/mol. The Morgan fingerprint density at radius 3 is 2.28 bits per heavy atom. The first-order valence-electron chi connectivity index (χ1n) is 6.69. The van der Waals surface area contributed by atoms with Gasteiger partial charge in [-0.3, -0.25) is 9.59 Å². The lowest BCUT2D eigenvalue weighted by Crippen LogP contribution is -2.40. The molecule has 0 heterocycles. The summed E-state index contributed by atoms with van der Waals surface area (Å²) in [6.07, 6.45) is 3.98. The van der Waals surface area contributed by atoms with Gasteiger partial charge in [0.05, 0.1) is 6.42 Å². The van der Waals surface area contributed by atoms with E-state index in [0.717, 1.165) is 6.54 Å². The van der Waals surface area contributed by atoms with E-state index in [1.165, 1.54) is 19.3 Å². The van der Waals surface area contributed by atoms with Gasteiger partial charge in [0.2, 0.25) is 5.91 Å². The summed E-state index contributed by atoms with van der Waals surface area (Å²) in [5, 5.41) is 2.90. The van der Waals surface area contributed by atoms with Gasteiger partial charge in [0.25, 0.3) is 0 Å². The maximum absolute atomic E-state index is 11.6. The third kappa shape index (κ3) is 5.52. The van der Waals surface area contributed by atoms with E-state index in [0.29, 0.717) is 0 Å². The van der Waals surface area contributed by atoms with E-state index in [1.807, 2.05) is 20.8 Å². The highest BCUT2D eigenvalue weighted by molar-refractivity contribution is 5.81. The average Bonchev–Trinajstić information content (AvgIpc) is 2.18. The molecule has 0 saturated heterocycles. The standard InChI is InChI=1S/C14H25NO3/c1-13(2,3)18-12(17)7-6-11(16)15-10-14(4)8-5-9-14/h5-10H2,1-4H3,(H,15,16). The fourth-order valence-corrected chi connectivity index (χ4v) is 1.97. The summed E-state index contributed by atoms with van der Waals surface area (Å²) >= 11 is 0. The molecule has 0 spiro atoms. The first-order valence-corrected chi connectivity index (χ1v) is 6.69. The van der Waals surface area contributed by atoms with E-state index in [1.54, 1.807) is 0 Å². The number of nitrogens with one attached hydrogen (secondary N) is 1. The molecule has 0 aliphatic heterocycles. The Labute approximate surface area is 109 Å². The molecule has 1 aliphatic rings. The Kier molecular flexibility index (Phi) is 4.77. The second-order valence-corrected chi connectivity index (χ2v) is 6.53. The van der Waals surface area contributed by atoms with Crippen LogP contribution in [0, 0.1) is 5.41 Å². The quantitative estimate of drug-likeness (QED) is 0.768. The fourth-order valence-electron chi connectivity index (χ4n) is 1.97. The summed E-state index contributed by atoms with van der Waals surface area (Å²) in [6.45, 7) is 8.37. The second kappa shape index (κ2) is 5.72. The lowest BCUT2D eigenvalue weighted by atomic mass is 9.70. The van der Waals surface area contributed by atoms with E-state index in [4.69, 9.17) is 4.74 Å². The summed E-state index contributed by atoms with van der Waals surface area (Å²) in [7, 11) is 0. The number of rotatable bonds is 5. The van der Waals surface area contributed by atoms with E-state index < -0.39 is 5.60 Å². The zero-order chi connectivity index (χ0) is 13.8. The van der Waals surface area contributed by atoms with Crippen molar-refractivity contribution in [2.75, 3.05) is 6.54 Å². The van der Waals surface area contributed by atoms with Crippen LogP contribution in [0.4, 0.5) is 0 Å². The second-order valence-electron chi connectivity index (χ2n) is 6.53. The summed E-state index contributed by atoms with van der Waals surface area (Å²) in [5.41, 5.74) is -0.200. The molecule has 0 unspecified atom stereocenters. The number of carbonyl (C=O) groups is 2. The zero-order valence-corrected chi connectivity index (χ0v) is 12.0. The topological polar surface area (TPSA) is 55.4 Å². The first-order chi connectivity index (χ1) is 8.20. The molecule has 4 nitrogen and oxygen atoms in total. The van der Waals surface area contributed by atoms with Gasteiger partial charge in [-0.2, -0.15) is 0 Å². The molecule has 0 aromatic rings. The maximum atomic E-state index is 11.6. The molecule has 104 valence electrons. The summed E-state index contributed by atoms with van der Waals surface area (Å²) in [5.74, 6) is -0.374. The molecule has 0 atom stereocenters. The van der Waals surface area contributed by atoms with Crippen LogP contribution in [0.5, 0.6) is 0 Å². The molecule has 1 rings (SSSR count). The third-order valence-corrected chi connectivity index (χ3v) is 3.25. The predicted octanol–water partition coefficient (Wildman–Crippen LogP) is 2.41. The smallest absolute Gasteiger partial charge is 0.306 e. The van der Waals surface area contributed by atoms with Crippen LogP contribution in [-0.4, -0.2) is 24.0 Å². The van der Waals surface area contributed by atoms with Gasteiger partial charge >= 0.3 is 5.97 Å². The van der Waals surface area contributed by atoms with Crippen LogP contribution < -0.4 is 5.32 Å². The van der Waals surface area contributed by atoms with E-state index in [9.17, 15) is 9.59 Å². The van der Waals surface area contributed by atoms with Gasteiger partial charge < -0.3 is 10.1 Å². The number of hydrogen-bond acceptors (Lipinski definition) is 3. The van der Waals surface area contributed by atoms with E-state index in [-0.39, 0.29) is 30.1 Å². The van der Waals surface area contributed by atoms with Crippen LogP contribution in [0.2, 0.25) is 0 Å². The minimum absolute atomic E-state index is 0.0611. The highest BCUT2D eigenvalue weighted by atomic mass is 16.6.